The highest BCUT2D eigenvalue weighted by molar-refractivity contribution is 7.17. The summed E-state index contributed by atoms with van der Waals surface area (Å²) in [6.07, 6.45) is 1.19. The van der Waals surface area contributed by atoms with Gasteiger partial charge < -0.3 is 11.1 Å². The Labute approximate surface area is 127 Å². The highest BCUT2D eigenvalue weighted by atomic mass is 32.1. The number of nitrogens with one attached hydrogen (secondary N) is 1. The Kier molecular flexibility index (Phi) is 3.88. The quantitative estimate of drug-likeness (QED) is 0.713. The molecule has 1 aromatic heterocycles. The second-order valence-corrected chi connectivity index (χ2v) is 5.80. The van der Waals surface area contributed by atoms with Crippen molar-refractivity contribution >= 4 is 38.7 Å². The molecule has 0 radical (unpaired) electrons. The van der Waals surface area contributed by atoms with E-state index in [-0.39, 0.29) is 5.91 Å². The molecule has 3 rings (SSSR count). The molecule has 3 N–H and O–H groups in total. The first-order valence-corrected chi connectivity index (χ1v) is 7.71. The number of hydrogen-bond donors (Lipinski definition) is 2. The van der Waals surface area contributed by atoms with Gasteiger partial charge in [-0.05, 0) is 40.9 Å². The Balaban J connectivity index is 1.65. The van der Waals surface area contributed by atoms with Gasteiger partial charge in [-0.15, -0.1) is 11.3 Å². The fourth-order valence-electron chi connectivity index (χ4n) is 2.30. The highest BCUT2D eigenvalue weighted by Crippen LogP contribution is 2.26. The van der Waals surface area contributed by atoms with Crippen LogP contribution < -0.4 is 11.1 Å². The van der Waals surface area contributed by atoms with Gasteiger partial charge in [-0.25, -0.2) is 0 Å². The summed E-state index contributed by atoms with van der Waals surface area (Å²) in [6, 6.07) is 15.6. The number of nitrogens with two attached hydrogens (primary N) is 1. The molecule has 0 fully saturated rings. The summed E-state index contributed by atoms with van der Waals surface area (Å²) in [6.45, 7) is 0. The molecule has 0 aliphatic heterocycles. The standard InChI is InChI=1S/C17H16N2OS/c18-14-6-2-3-7-15(14)19-17(20)10-9-12-11-21-16-8-4-1-5-13(12)16/h1-8,11H,9-10,18H2,(H,19,20). The number of nitrogen functional groups attached to an aromatic ring is 1. The van der Waals surface area contributed by atoms with E-state index in [4.69, 9.17) is 5.73 Å². The number of fused-ring (bicyclic) bond motifs is 1. The number of aryl methyl sites for hydroxylation is 1. The van der Waals surface area contributed by atoms with Crippen LogP contribution in [0.3, 0.4) is 0 Å². The van der Waals surface area contributed by atoms with Gasteiger partial charge in [0.25, 0.3) is 0 Å². The third kappa shape index (κ3) is 3.06. The predicted octanol–water partition coefficient (Wildman–Crippen LogP) is 4.05. The molecule has 3 aromatic rings. The summed E-state index contributed by atoms with van der Waals surface area (Å²) in [4.78, 5) is 12.0. The Morgan fingerprint density at radius 1 is 1.10 bits per heavy atom. The predicted molar refractivity (Wildman–Crippen MR) is 89.6 cm³/mol. The Hall–Kier alpha value is -2.33. The number of amides is 1. The van der Waals surface area contributed by atoms with Gasteiger partial charge in [-0.3, -0.25) is 4.79 Å². The molecular formula is C17H16N2OS. The number of para-hydroxylation sites is 2. The molecule has 0 bridgehead atoms. The van der Waals surface area contributed by atoms with E-state index in [1.165, 1.54) is 15.6 Å². The summed E-state index contributed by atoms with van der Waals surface area (Å²) < 4.78 is 1.26. The monoisotopic (exact) mass is 296 g/mol. The van der Waals surface area contributed by atoms with Crippen molar-refractivity contribution in [3.8, 4) is 0 Å². The normalized spacial score (nSPS) is 10.7. The third-order valence-electron chi connectivity index (χ3n) is 3.42. The Morgan fingerprint density at radius 3 is 2.71 bits per heavy atom. The molecule has 0 aliphatic rings. The van der Waals surface area contributed by atoms with E-state index in [1.54, 1.807) is 17.4 Å². The van der Waals surface area contributed by atoms with Crippen LogP contribution >= 0.6 is 11.3 Å². The lowest BCUT2D eigenvalue weighted by atomic mass is 10.1. The summed E-state index contributed by atoms with van der Waals surface area (Å²) in [5.74, 6) is -0.0109. The maximum Gasteiger partial charge on any atom is 0.224 e. The molecule has 0 unspecified atom stereocenters. The number of anilines is 2. The fourth-order valence-corrected chi connectivity index (χ4v) is 3.30. The molecule has 0 atom stereocenters. The molecule has 0 saturated heterocycles. The summed E-state index contributed by atoms with van der Waals surface area (Å²) >= 11 is 1.72. The summed E-state index contributed by atoms with van der Waals surface area (Å²) in [5.41, 5.74) is 8.32. The van der Waals surface area contributed by atoms with E-state index >= 15 is 0 Å². The fraction of sp³-hybridized carbons (Fsp3) is 0.118. The maximum absolute atomic E-state index is 12.0. The van der Waals surface area contributed by atoms with Crippen molar-refractivity contribution in [2.45, 2.75) is 12.8 Å². The zero-order valence-corrected chi connectivity index (χ0v) is 12.3. The van der Waals surface area contributed by atoms with Gasteiger partial charge in [0.15, 0.2) is 0 Å². The molecule has 2 aromatic carbocycles. The van der Waals surface area contributed by atoms with E-state index < -0.39 is 0 Å². The second kappa shape index (κ2) is 5.97. The van der Waals surface area contributed by atoms with Crippen LogP contribution in [0.1, 0.15) is 12.0 Å². The van der Waals surface area contributed by atoms with E-state index in [1.807, 2.05) is 30.3 Å². The minimum Gasteiger partial charge on any atom is -0.397 e. The van der Waals surface area contributed by atoms with Crippen LogP contribution in [0.2, 0.25) is 0 Å². The van der Waals surface area contributed by atoms with Crippen LogP contribution in [0.4, 0.5) is 11.4 Å². The molecule has 106 valence electrons. The number of rotatable bonds is 4. The topological polar surface area (TPSA) is 55.1 Å². The van der Waals surface area contributed by atoms with Crippen LogP contribution in [-0.2, 0) is 11.2 Å². The third-order valence-corrected chi connectivity index (χ3v) is 4.43. The largest absolute Gasteiger partial charge is 0.397 e. The van der Waals surface area contributed by atoms with E-state index in [0.717, 1.165) is 6.42 Å². The molecule has 1 heterocycles. The Bertz CT molecular complexity index is 779. The SMILES string of the molecule is Nc1ccccc1NC(=O)CCc1csc2ccccc12. The smallest absolute Gasteiger partial charge is 0.224 e. The van der Waals surface area contributed by atoms with Gasteiger partial charge in [0.1, 0.15) is 0 Å². The van der Waals surface area contributed by atoms with Crippen molar-refractivity contribution in [2.75, 3.05) is 11.1 Å². The number of hydrogen-bond acceptors (Lipinski definition) is 3. The molecule has 3 nitrogen and oxygen atoms in total. The zero-order chi connectivity index (χ0) is 14.7. The van der Waals surface area contributed by atoms with E-state index in [2.05, 4.69) is 22.8 Å². The Morgan fingerprint density at radius 2 is 1.86 bits per heavy atom. The lowest BCUT2D eigenvalue weighted by Gasteiger charge is -2.07. The van der Waals surface area contributed by atoms with Gasteiger partial charge in [-0.2, -0.15) is 0 Å². The second-order valence-electron chi connectivity index (χ2n) is 4.89. The van der Waals surface area contributed by atoms with Crippen molar-refractivity contribution in [2.24, 2.45) is 0 Å². The highest BCUT2D eigenvalue weighted by Gasteiger charge is 2.08. The van der Waals surface area contributed by atoms with Crippen molar-refractivity contribution in [1.29, 1.82) is 0 Å². The van der Waals surface area contributed by atoms with E-state index in [0.29, 0.717) is 17.8 Å². The van der Waals surface area contributed by atoms with Gasteiger partial charge in [0, 0.05) is 11.1 Å². The van der Waals surface area contributed by atoms with Crippen molar-refractivity contribution in [1.82, 2.24) is 0 Å². The first kappa shape index (κ1) is 13.6. The molecule has 4 heteroatoms. The molecular weight excluding hydrogens is 280 g/mol. The average Bonchev–Trinajstić information content (AvgIpc) is 2.91. The average molecular weight is 296 g/mol. The number of carbonyl (C=O) groups is 1. The number of thiophene rings is 1. The zero-order valence-electron chi connectivity index (χ0n) is 11.5. The van der Waals surface area contributed by atoms with Gasteiger partial charge in [0.2, 0.25) is 5.91 Å². The van der Waals surface area contributed by atoms with Crippen LogP contribution in [0, 0.1) is 0 Å². The number of carbonyl (C=O) groups excluding carboxylic acids is 1. The lowest BCUT2D eigenvalue weighted by molar-refractivity contribution is -0.116. The maximum atomic E-state index is 12.0. The van der Waals surface area contributed by atoms with Crippen molar-refractivity contribution in [3.63, 3.8) is 0 Å². The summed E-state index contributed by atoms with van der Waals surface area (Å²) in [5, 5.41) is 6.24. The minimum atomic E-state index is -0.0109. The summed E-state index contributed by atoms with van der Waals surface area (Å²) in [7, 11) is 0. The first-order chi connectivity index (χ1) is 10.2. The van der Waals surface area contributed by atoms with Crippen LogP contribution in [0.25, 0.3) is 10.1 Å². The van der Waals surface area contributed by atoms with Crippen LogP contribution in [-0.4, -0.2) is 5.91 Å². The van der Waals surface area contributed by atoms with Crippen molar-refractivity contribution < 1.29 is 4.79 Å². The van der Waals surface area contributed by atoms with Crippen LogP contribution in [0.15, 0.2) is 53.9 Å². The van der Waals surface area contributed by atoms with Crippen molar-refractivity contribution in [3.05, 3.63) is 59.5 Å². The molecule has 21 heavy (non-hydrogen) atoms. The lowest BCUT2D eigenvalue weighted by Crippen LogP contribution is -2.13. The molecule has 0 spiro atoms. The first-order valence-electron chi connectivity index (χ1n) is 6.83. The number of benzene rings is 2. The van der Waals surface area contributed by atoms with Gasteiger partial charge in [-0.1, -0.05) is 30.3 Å². The van der Waals surface area contributed by atoms with E-state index in [9.17, 15) is 4.79 Å². The van der Waals surface area contributed by atoms with Gasteiger partial charge in [0.05, 0.1) is 11.4 Å². The minimum absolute atomic E-state index is 0.0109. The van der Waals surface area contributed by atoms with Crippen LogP contribution in [0.5, 0.6) is 0 Å². The molecule has 0 aliphatic carbocycles. The molecule has 1 amide bonds. The van der Waals surface area contributed by atoms with Gasteiger partial charge >= 0.3 is 0 Å². The molecule has 0 saturated carbocycles.